The highest BCUT2D eigenvalue weighted by molar-refractivity contribution is 7.99. The molecule has 30 heavy (non-hydrogen) atoms. The van der Waals surface area contributed by atoms with E-state index < -0.39 is 0 Å². The average Bonchev–Trinajstić information content (AvgIpc) is 3.14. The van der Waals surface area contributed by atoms with Crippen molar-refractivity contribution < 1.29 is 4.79 Å². The molecule has 0 unspecified atom stereocenters. The zero-order valence-electron chi connectivity index (χ0n) is 16.3. The normalized spacial score (nSPS) is 11.0. The van der Waals surface area contributed by atoms with Crippen LogP contribution >= 0.6 is 23.4 Å². The van der Waals surface area contributed by atoms with E-state index in [-0.39, 0.29) is 17.2 Å². The molecule has 2 aromatic heterocycles. The van der Waals surface area contributed by atoms with Crippen LogP contribution in [0.1, 0.15) is 11.1 Å². The van der Waals surface area contributed by atoms with Crippen LogP contribution in [0.2, 0.25) is 5.02 Å². The quantitative estimate of drug-likeness (QED) is 0.360. The van der Waals surface area contributed by atoms with E-state index in [2.05, 4.69) is 20.4 Å². The van der Waals surface area contributed by atoms with E-state index in [1.807, 2.05) is 50.2 Å². The number of benzene rings is 2. The predicted octanol–water partition coefficient (Wildman–Crippen LogP) is 4.11. The first-order chi connectivity index (χ1) is 14.4. The van der Waals surface area contributed by atoms with Gasteiger partial charge in [-0.25, -0.2) is 9.67 Å². The second kappa shape index (κ2) is 8.33. The number of nitrogens with one attached hydrogen (secondary N) is 2. The molecule has 0 saturated carbocycles. The molecule has 2 aromatic carbocycles. The fraction of sp³-hybridized carbons (Fsp3) is 0.143. The third-order valence-electron chi connectivity index (χ3n) is 4.45. The van der Waals surface area contributed by atoms with E-state index in [4.69, 9.17) is 11.6 Å². The van der Waals surface area contributed by atoms with E-state index in [1.54, 1.807) is 10.7 Å². The van der Waals surface area contributed by atoms with E-state index in [1.165, 1.54) is 6.20 Å². The van der Waals surface area contributed by atoms with E-state index >= 15 is 0 Å². The molecular weight excluding hydrogens is 422 g/mol. The van der Waals surface area contributed by atoms with Gasteiger partial charge in [-0.15, -0.1) is 0 Å². The lowest BCUT2D eigenvalue weighted by molar-refractivity contribution is -0.113. The first kappa shape index (κ1) is 20.2. The van der Waals surface area contributed by atoms with Crippen LogP contribution in [0.5, 0.6) is 0 Å². The van der Waals surface area contributed by atoms with Crippen molar-refractivity contribution in [2.45, 2.75) is 19.0 Å². The minimum absolute atomic E-state index is 0.0670. The molecule has 0 aliphatic rings. The fourth-order valence-electron chi connectivity index (χ4n) is 3.11. The van der Waals surface area contributed by atoms with Crippen molar-refractivity contribution in [1.82, 2.24) is 19.7 Å². The predicted molar refractivity (Wildman–Crippen MR) is 120 cm³/mol. The van der Waals surface area contributed by atoms with E-state index in [0.717, 1.165) is 28.6 Å². The standard InChI is InChI=1S/C21H18ClN5O2S/c1-12-8-13(2)18(16(22)9-12)24-17(28)11-30-21-25-19-15(20(29)26-21)10-23-27(19)14-6-4-3-5-7-14/h3-10H,11H2,1-2H3,(H,24,28)(H,25,26,29). The van der Waals surface area contributed by atoms with Crippen LogP contribution in [-0.2, 0) is 4.79 Å². The summed E-state index contributed by atoms with van der Waals surface area (Å²) >= 11 is 7.39. The zero-order valence-corrected chi connectivity index (χ0v) is 17.8. The molecule has 0 aliphatic carbocycles. The van der Waals surface area contributed by atoms with Gasteiger partial charge in [0.25, 0.3) is 5.56 Å². The van der Waals surface area contributed by atoms with Gasteiger partial charge in [0.2, 0.25) is 5.91 Å². The lowest BCUT2D eigenvalue weighted by atomic mass is 10.1. The maximum Gasteiger partial charge on any atom is 0.262 e. The van der Waals surface area contributed by atoms with Gasteiger partial charge in [-0.2, -0.15) is 5.10 Å². The third kappa shape index (κ3) is 4.10. The second-order valence-electron chi connectivity index (χ2n) is 6.78. The van der Waals surface area contributed by atoms with Crippen LogP contribution < -0.4 is 10.9 Å². The molecular formula is C21H18ClN5O2S. The van der Waals surface area contributed by atoms with Crippen molar-refractivity contribution >= 4 is 46.0 Å². The molecule has 9 heteroatoms. The van der Waals surface area contributed by atoms with Crippen molar-refractivity contribution in [2.24, 2.45) is 0 Å². The van der Waals surface area contributed by atoms with Crippen molar-refractivity contribution in [3.05, 3.63) is 75.2 Å². The Kier molecular flexibility index (Phi) is 5.61. The Morgan fingerprint density at radius 1 is 1.23 bits per heavy atom. The highest BCUT2D eigenvalue weighted by Gasteiger charge is 2.14. The molecule has 0 fully saturated rings. The van der Waals surface area contributed by atoms with Crippen molar-refractivity contribution in [3.63, 3.8) is 0 Å². The number of aromatic nitrogens is 4. The van der Waals surface area contributed by atoms with Gasteiger partial charge in [-0.1, -0.05) is 47.6 Å². The van der Waals surface area contributed by atoms with Crippen LogP contribution in [0.4, 0.5) is 5.69 Å². The maximum atomic E-state index is 12.4. The van der Waals surface area contributed by atoms with Gasteiger partial charge in [-0.05, 0) is 43.2 Å². The van der Waals surface area contributed by atoms with Gasteiger partial charge in [-0.3, -0.25) is 9.59 Å². The molecule has 0 spiro atoms. The molecule has 2 N–H and O–H groups in total. The summed E-state index contributed by atoms with van der Waals surface area (Å²) in [5.74, 6) is -0.175. The Labute approximate surface area is 181 Å². The lowest BCUT2D eigenvalue weighted by Crippen LogP contribution is -2.16. The topological polar surface area (TPSA) is 92.7 Å². The van der Waals surface area contributed by atoms with Crippen LogP contribution in [0.3, 0.4) is 0 Å². The zero-order chi connectivity index (χ0) is 21.3. The minimum atomic E-state index is -0.303. The molecule has 0 saturated heterocycles. The number of H-pyrrole nitrogens is 1. The molecule has 0 aliphatic heterocycles. The minimum Gasteiger partial charge on any atom is -0.324 e. The Morgan fingerprint density at radius 2 is 2.00 bits per heavy atom. The number of nitrogens with zero attached hydrogens (tertiary/aromatic N) is 3. The highest BCUT2D eigenvalue weighted by atomic mass is 35.5. The number of para-hydroxylation sites is 1. The summed E-state index contributed by atoms with van der Waals surface area (Å²) in [5.41, 5.74) is 3.43. The fourth-order valence-corrected chi connectivity index (χ4v) is 4.13. The molecule has 4 aromatic rings. The maximum absolute atomic E-state index is 12.4. The number of carbonyl (C=O) groups excluding carboxylic acids is 1. The van der Waals surface area contributed by atoms with Gasteiger partial charge < -0.3 is 10.3 Å². The first-order valence-electron chi connectivity index (χ1n) is 9.15. The molecule has 0 bridgehead atoms. The molecule has 7 nitrogen and oxygen atoms in total. The summed E-state index contributed by atoms with van der Waals surface area (Å²) in [6.07, 6.45) is 1.48. The number of halogens is 1. The Balaban J connectivity index is 1.55. The number of hydrogen-bond donors (Lipinski definition) is 2. The molecule has 0 radical (unpaired) electrons. The Morgan fingerprint density at radius 3 is 2.73 bits per heavy atom. The van der Waals surface area contributed by atoms with Crippen LogP contribution in [0.25, 0.3) is 16.7 Å². The number of fused-ring (bicyclic) bond motifs is 1. The Bertz CT molecular complexity index is 1280. The second-order valence-corrected chi connectivity index (χ2v) is 8.15. The van der Waals surface area contributed by atoms with Crippen LogP contribution in [0.15, 0.2) is 58.6 Å². The Hall–Kier alpha value is -3.10. The van der Waals surface area contributed by atoms with Gasteiger partial charge in [0.1, 0.15) is 5.39 Å². The molecule has 1 amide bonds. The summed E-state index contributed by atoms with van der Waals surface area (Å²) in [4.78, 5) is 32.1. The van der Waals surface area contributed by atoms with Gasteiger partial charge in [0, 0.05) is 0 Å². The molecule has 0 atom stereocenters. The lowest BCUT2D eigenvalue weighted by Gasteiger charge is -2.11. The number of anilines is 1. The van der Waals surface area contributed by atoms with Gasteiger partial charge in [0.15, 0.2) is 10.8 Å². The van der Waals surface area contributed by atoms with Gasteiger partial charge >= 0.3 is 0 Å². The number of thioether (sulfide) groups is 1. The molecule has 2 heterocycles. The monoisotopic (exact) mass is 439 g/mol. The number of rotatable bonds is 5. The van der Waals surface area contributed by atoms with E-state index in [0.29, 0.717) is 26.9 Å². The number of aromatic amines is 1. The highest BCUT2D eigenvalue weighted by Crippen LogP contribution is 2.27. The number of carbonyl (C=O) groups is 1. The summed E-state index contributed by atoms with van der Waals surface area (Å²) in [6.45, 7) is 3.83. The van der Waals surface area contributed by atoms with Crippen molar-refractivity contribution in [1.29, 1.82) is 0 Å². The van der Waals surface area contributed by atoms with Gasteiger partial charge in [0.05, 0.1) is 28.3 Å². The molecule has 152 valence electrons. The third-order valence-corrected chi connectivity index (χ3v) is 5.62. The van der Waals surface area contributed by atoms with Crippen molar-refractivity contribution in [3.8, 4) is 5.69 Å². The van der Waals surface area contributed by atoms with Crippen LogP contribution in [-0.4, -0.2) is 31.4 Å². The molecule has 4 rings (SSSR count). The SMILES string of the molecule is Cc1cc(C)c(NC(=O)CSc2nc3c(cnn3-c3ccccc3)c(=O)[nH]2)c(Cl)c1. The summed E-state index contributed by atoms with van der Waals surface area (Å²) in [6, 6.07) is 13.2. The summed E-state index contributed by atoms with van der Waals surface area (Å²) < 4.78 is 1.60. The smallest absolute Gasteiger partial charge is 0.262 e. The summed E-state index contributed by atoms with van der Waals surface area (Å²) in [7, 11) is 0. The number of amides is 1. The van der Waals surface area contributed by atoms with Crippen molar-refractivity contribution in [2.75, 3.05) is 11.1 Å². The number of aryl methyl sites for hydroxylation is 2. The van der Waals surface area contributed by atoms with Crippen LogP contribution in [0, 0.1) is 13.8 Å². The first-order valence-corrected chi connectivity index (χ1v) is 10.5. The average molecular weight is 440 g/mol. The largest absolute Gasteiger partial charge is 0.324 e. The number of hydrogen-bond acceptors (Lipinski definition) is 5. The van der Waals surface area contributed by atoms with E-state index in [9.17, 15) is 9.59 Å². The summed E-state index contributed by atoms with van der Waals surface area (Å²) in [5, 5.41) is 8.32.